The number of benzene rings is 1. The number of nitrogens with zero attached hydrogens (tertiary/aromatic N) is 2. The van der Waals surface area contributed by atoms with Gasteiger partial charge in [0.2, 0.25) is 11.0 Å². The molecule has 2 aromatic rings. The summed E-state index contributed by atoms with van der Waals surface area (Å²) in [5.41, 5.74) is 6.38. The number of aromatic nitrogens is 2. The van der Waals surface area contributed by atoms with E-state index in [-0.39, 0.29) is 5.91 Å². The van der Waals surface area contributed by atoms with Gasteiger partial charge in [0, 0.05) is 6.04 Å². The van der Waals surface area contributed by atoms with Crippen LogP contribution in [0.1, 0.15) is 23.7 Å². The number of amides is 1. The Labute approximate surface area is 125 Å². The highest BCUT2D eigenvalue weighted by Gasteiger charge is 2.24. The molecule has 5 nitrogen and oxygen atoms in total. The monoisotopic (exact) mass is 306 g/mol. The van der Waals surface area contributed by atoms with Gasteiger partial charge in [-0.25, -0.2) is 0 Å². The fourth-order valence-corrected chi connectivity index (χ4v) is 3.71. The molecule has 0 radical (unpaired) electrons. The van der Waals surface area contributed by atoms with E-state index >= 15 is 0 Å². The van der Waals surface area contributed by atoms with Crippen LogP contribution < -0.4 is 11.1 Å². The van der Waals surface area contributed by atoms with Crippen molar-refractivity contribution in [1.82, 2.24) is 10.2 Å². The second-order valence-electron chi connectivity index (χ2n) is 4.60. The predicted octanol–water partition coefficient (Wildman–Crippen LogP) is 2.43. The van der Waals surface area contributed by atoms with Gasteiger partial charge in [-0.2, -0.15) is 0 Å². The molecule has 1 aliphatic carbocycles. The number of carbonyl (C=O) groups is 1. The first-order valence-corrected chi connectivity index (χ1v) is 8.03. The maximum Gasteiger partial charge on any atom is 0.235 e. The van der Waals surface area contributed by atoms with Crippen molar-refractivity contribution in [2.75, 3.05) is 5.32 Å². The van der Waals surface area contributed by atoms with Gasteiger partial charge in [0.05, 0.1) is 0 Å². The molecule has 1 atom stereocenters. The number of primary amides is 1. The first-order valence-electron chi connectivity index (χ1n) is 6.33. The Balaban J connectivity index is 1.72. The van der Waals surface area contributed by atoms with Crippen molar-refractivity contribution in [3.8, 4) is 0 Å². The van der Waals surface area contributed by atoms with Crippen molar-refractivity contribution in [2.24, 2.45) is 5.73 Å². The molecule has 0 aliphatic heterocycles. The lowest BCUT2D eigenvalue weighted by Crippen LogP contribution is -2.18. The molecular formula is C13H14N4OS2. The third-order valence-corrected chi connectivity index (χ3v) is 5.10. The van der Waals surface area contributed by atoms with E-state index in [2.05, 4.69) is 15.5 Å². The largest absolute Gasteiger partial charge is 0.368 e. The Morgan fingerprint density at radius 2 is 2.10 bits per heavy atom. The van der Waals surface area contributed by atoms with Gasteiger partial charge in [-0.1, -0.05) is 53.4 Å². The minimum atomic E-state index is -0.432. The molecule has 0 spiro atoms. The number of nitrogens with two attached hydrogens (primary N) is 1. The van der Waals surface area contributed by atoms with Crippen LogP contribution in [-0.2, 0) is 4.79 Å². The van der Waals surface area contributed by atoms with E-state index in [0.29, 0.717) is 6.04 Å². The van der Waals surface area contributed by atoms with E-state index in [1.54, 1.807) is 0 Å². The predicted molar refractivity (Wildman–Crippen MR) is 80.8 cm³/mol. The molecule has 0 saturated heterocycles. The van der Waals surface area contributed by atoms with Gasteiger partial charge in [-0.3, -0.25) is 4.79 Å². The van der Waals surface area contributed by atoms with E-state index in [1.165, 1.54) is 35.9 Å². The molecule has 1 aliphatic rings. The zero-order valence-electron chi connectivity index (χ0n) is 10.7. The summed E-state index contributed by atoms with van der Waals surface area (Å²) in [6.07, 6.45) is 2.38. The Kier molecular flexibility index (Phi) is 3.88. The van der Waals surface area contributed by atoms with Crippen LogP contribution in [0.5, 0.6) is 0 Å². The van der Waals surface area contributed by atoms with Crippen molar-refractivity contribution in [2.45, 2.75) is 28.5 Å². The lowest BCUT2D eigenvalue weighted by atomic mass is 10.1. The molecule has 1 fully saturated rings. The van der Waals surface area contributed by atoms with E-state index in [0.717, 1.165) is 15.0 Å². The molecule has 1 heterocycles. The Morgan fingerprint density at radius 3 is 2.75 bits per heavy atom. The molecule has 1 saturated carbocycles. The minimum Gasteiger partial charge on any atom is -0.368 e. The molecular weight excluding hydrogens is 292 g/mol. The number of hydrogen-bond donors (Lipinski definition) is 2. The minimum absolute atomic E-state index is 0.367. The zero-order chi connectivity index (χ0) is 13.9. The van der Waals surface area contributed by atoms with Crippen molar-refractivity contribution < 1.29 is 4.79 Å². The van der Waals surface area contributed by atoms with Gasteiger partial charge >= 0.3 is 0 Å². The highest BCUT2D eigenvalue weighted by molar-refractivity contribution is 8.01. The van der Waals surface area contributed by atoms with Crippen LogP contribution in [-0.4, -0.2) is 22.1 Å². The summed E-state index contributed by atoms with van der Waals surface area (Å²) in [5.74, 6) is -0.367. The topological polar surface area (TPSA) is 80.9 Å². The lowest BCUT2D eigenvalue weighted by molar-refractivity contribution is -0.117. The van der Waals surface area contributed by atoms with Gasteiger partial charge in [0.15, 0.2) is 4.34 Å². The SMILES string of the molecule is NC(=O)[C@H](Sc1nnc(NC2CC2)s1)c1ccccc1. The molecule has 3 N–H and O–H groups in total. The first-order chi connectivity index (χ1) is 9.72. The molecule has 3 rings (SSSR count). The smallest absolute Gasteiger partial charge is 0.235 e. The van der Waals surface area contributed by atoms with Gasteiger partial charge in [-0.05, 0) is 18.4 Å². The third kappa shape index (κ3) is 3.29. The van der Waals surface area contributed by atoms with Gasteiger partial charge < -0.3 is 11.1 Å². The molecule has 20 heavy (non-hydrogen) atoms. The Morgan fingerprint density at radius 1 is 1.35 bits per heavy atom. The average molecular weight is 306 g/mol. The van der Waals surface area contributed by atoms with Crippen molar-refractivity contribution in [3.05, 3.63) is 35.9 Å². The van der Waals surface area contributed by atoms with Crippen LogP contribution in [0.4, 0.5) is 5.13 Å². The third-order valence-electron chi connectivity index (χ3n) is 2.89. The van der Waals surface area contributed by atoms with Crippen LogP contribution in [0, 0.1) is 0 Å². The molecule has 0 unspecified atom stereocenters. The molecule has 1 aromatic carbocycles. The van der Waals surface area contributed by atoms with Crippen LogP contribution in [0.2, 0.25) is 0 Å². The average Bonchev–Trinajstić information content (AvgIpc) is 3.14. The summed E-state index contributed by atoms with van der Waals surface area (Å²) in [6, 6.07) is 10.0. The fraction of sp³-hybridized carbons (Fsp3) is 0.308. The van der Waals surface area contributed by atoms with Crippen LogP contribution in [0.3, 0.4) is 0 Å². The van der Waals surface area contributed by atoms with Crippen molar-refractivity contribution in [3.63, 3.8) is 0 Å². The summed E-state index contributed by atoms with van der Waals surface area (Å²) in [4.78, 5) is 11.6. The van der Waals surface area contributed by atoms with Crippen LogP contribution in [0.25, 0.3) is 0 Å². The number of thioether (sulfide) groups is 1. The second kappa shape index (κ2) is 5.80. The summed E-state index contributed by atoms with van der Waals surface area (Å²) in [6.45, 7) is 0. The van der Waals surface area contributed by atoms with Gasteiger partial charge in [-0.15, -0.1) is 10.2 Å². The highest BCUT2D eigenvalue weighted by atomic mass is 32.2. The van der Waals surface area contributed by atoms with E-state index in [1.807, 2.05) is 30.3 Å². The summed E-state index contributed by atoms with van der Waals surface area (Å²) < 4.78 is 0.751. The normalized spacial score (nSPS) is 15.8. The second-order valence-corrected chi connectivity index (χ2v) is 6.93. The number of rotatable bonds is 6. The van der Waals surface area contributed by atoms with E-state index in [9.17, 15) is 4.79 Å². The Hall–Kier alpha value is -1.60. The summed E-state index contributed by atoms with van der Waals surface area (Å²) in [7, 11) is 0. The lowest BCUT2D eigenvalue weighted by Gasteiger charge is -2.10. The maximum atomic E-state index is 11.6. The Bertz CT molecular complexity index is 597. The molecule has 1 aromatic heterocycles. The number of anilines is 1. The fourth-order valence-electron chi connectivity index (χ4n) is 1.74. The van der Waals surface area contributed by atoms with Crippen LogP contribution in [0.15, 0.2) is 34.7 Å². The zero-order valence-corrected chi connectivity index (χ0v) is 12.3. The van der Waals surface area contributed by atoms with E-state index < -0.39 is 5.25 Å². The molecule has 104 valence electrons. The number of nitrogens with one attached hydrogen (secondary N) is 1. The molecule has 1 amide bonds. The van der Waals surface area contributed by atoms with Crippen molar-refractivity contribution in [1.29, 1.82) is 0 Å². The van der Waals surface area contributed by atoms with Gasteiger partial charge in [0.1, 0.15) is 5.25 Å². The molecule has 0 bridgehead atoms. The number of carbonyl (C=O) groups excluding carboxylic acids is 1. The van der Waals surface area contributed by atoms with E-state index in [4.69, 9.17) is 5.73 Å². The summed E-state index contributed by atoms with van der Waals surface area (Å²) in [5, 5.41) is 11.9. The molecule has 7 heteroatoms. The van der Waals surface area contributed by atoms with Gasteiger partial charge in [0.25, 0.3) is 0 Å². The first kappa shape index (κ1) is 13.4. The quantitative estimate of drug-likeness (QED) is 0.801. The maximum absolute atomic E-state index is 11.6. The van der Waals surface area contributed by atoms with Crippen molar-refractivity contribution >= 4 is 34.1 Å². The standard InChI is InChI=1S/C13H14N4OS2/c14-11(18)10(8-4-2-1-3-5-8)19-13-17-16-12(20-13)15-9-6-7-9/h1-5,9-10H,6-7H2,(H2,14,18)(H,15,16)/t10-/m1/s1. The summed E-state index contributed by atoms with van der Waals surface area (Å²) >= 11 is 2.81. The highest BCUT2D eigenvalue weighted by Crippen LogP contribution is 2.38. The van der Waals surface area contributed by atoms with Crippen LogP contribution >= 0.6 is 23.1 Å². The number of hydrogen-bond acceptors (Lipinski definition) is 6.